The Hall–Kier alpha value is -3.80. The summed E-state index contributed by atoms with van der Waals surface area (Å²) in [5.74, 6) is 0.477. The zero-order valence-electron chi connectivity index (χ0n) is 15.7. The van der Waals surface area contributed by atoms with E-state index in [4.69, 9.17) is 5.10 Å². The molecule has 6 nitrogen and oxygen atoms in total. The molecular weight excluding hydrogens is 348 g/mol. The van der Waals surface area contributed by atoms with Crippen LogP contribution in [0.5, 0.6) is 0 Å². The molecule has 0 radical (unpaired) electrons. The van der Waals surface area contributed by atoms with Gasteiger partial charge in [0.15, 0.2) is 0 Å². The van der Waals surface area contributed by atoms with E-state index < -0.39 is 0 Å². The van der Waals surface area contributed by atoms with Gasteiger partial charge in [-0.3, -0.25) is 0 Å². The summed E-state index contributed by atoms with van der Waals surface area (Å²) in [6, 6.07) is 22.0. The second kappa shape index (κ2) is 7.84. The Kier molecular flexibility index (Phi) is 4.93. The zero-order chi connectivity index (χ0) is 19.3. The standard InChI is InChI=1S/C22H20N6/c1-16-13-17(2)25-22(24-16)26-23-14-19-15-28(20-11-7-4-8-12-20)27-21(19)18-9-5-3-6-10-18/h3-15H,1-2H3,(H,24,25,26). The molecule has 0 aliphatic carbocycles. The van der Waals surface area contributed by atoms with Gasteiger partial charge in [0.2, 0.25) is 5.95 Å². The summed E-state index contributed by atoms with van der Waals surface area (Å²) in [6.45, 7) is 3.86. The lowest BCUT2D eigenvalue weighted by molar-refractivity contribution is 0.884. The molecular formula is C22H20N6. The number of rotatable bonds is 5. The summed E-state index contributed by atoms with van der Waals surface area (Å²) >= 11 is 0. The van der Waals surface area contributed by atoms with Crippen LogP contribution in [-0.4, -0.2) is 26.0 Å². The zero-order valence-corrected chi connectivity index (χ0v) is 15.7. The lowest BCUT2D eigenvalue weighted by atomic mass is 10.1. The number of anilines is 1. The summed E-state index contributed by atoms with van der Waals surface area (Å²) in [6.07, 6.45) is 3.71. The predicted molar refractivity (Wildman–Crippen MR) is 112 cm³/mol. The van der Waals surface area contributed by atoms with E-state index in [2.05, 4.69) is 20.5 Å². The lowest BCUT2D eigenvalue weighted by Gasteiger charge is -2.01. The van der Waals surface area contributed by atoms with E-state index in [1.54, 1.807) is 6.21 Å². The topological polar surface area (TPSA) is 68.0 Å². The summed E-state index contributed by atoms with van der Waals surface area (Å²) in [5, 5.41) is 9.10. The molecule has 2 heterocycles. The van der Waals surface area contributed by atoms with Crippen LogP contribution >= 0.6 is 0 Å². The van der Waals surface area contributed by atoms with Gasteiger partial charge in [0.25, 0.3) is 0 Å². The Bertz CT molecular complexity index is 1080. The van der Waals surface area contributed by atoms with E-state index in [-0.39, 0.29) is 0 Å². The highest BCUT2D eigenvalue weighted by Gasteiger charge is 2.10. The summed E-state index contributed by atoms with van der Waals surface area (Å²) in [7, 11) is 0. The number of hydrogen-bond acceptors (Lipinski definition) is 5. The third-order valence-corrected chi connectivity index (χ3v) is 4.16. The molecule has 0 aliphatic rings. The molecule has 0 saturated carbocycles. The van der Waals surface area contributed by atoms with Crippen LogP contribution in [0.3, 0.4) is 0 Å². The molecule has 0 unspecified atom stereocenters. The van der Waals surface area contributed by atoms with E-state index >= 15 is 0 Å². The van der Waals surface area contributed by atoms with Crippen molar-refractivity contribution < 1.29 is 0 Å². The Morgan fingerprint density at radius 1 is 0.893 bits per heavy atom. The molecule has 0 spiro atoms. The molecule has 4 rings (SSSR count). The monoisotopic (exact) mass is 368 g/mol. The first-order valence-electron chi connectivity index (χ1n) is 9.01. The highest BCUT2D eigenvalue weighted by atomic mass is 15.3. The lowest BCUT2D eigenvalue weighted by Crippen LogP contribution is -1.99. The molecule has 2 aromatic heterocycles. The Morgan fingerprint density at radius 2 is 1.54 bits per heavy atom. The van der Waals surface area contributed by atoms with Crippen molar-refractivity contribution in [1.82, 2.24) is 19.7 Å². The number of para-hydroxylation sites is 1. The van der Waals surface area contributed by atoms with Crippen LogP contribution in [0.1, 0.15) is 17.0 Å². The van der Waals surface area contributed by atoms with Crippen molar-refractivity contribution in [2.24, 2.45) is 5.10 Å². The van der Waals surface area contributed by atoms with Crippen LogP contribution in [0.25, 0.3) is 16.9 Å². The van der Waals surface area contributed by atoms with Crippen molar-refractivity contribution in [2.45, 2.75) is 13.8 Å². The summed E-state index contributed by atoms with van der Waals surface area (Å²) in [5.41, 5.74) is 8.48. The molecule has 0 aliphatic heterocycles. The van der Waals surface area contributed by atoms with Gasteiger partial charge in [0.05, 0.1) is 11.9 Å². The molecule has 0 bridgehead atoms. The minimum Gasteiger partial charge on any atom is -0.245 e. The fraction of sp³-hybridized carbons (Fsp3) is 0.0909. The number of aryl methyl sites for hydroxylation is 2. The van der Waals surface area contributed by atoms with E-state index in [9.17, 15) is 0 Å². The maximum Gasteiger partial charge on any atom is 0.243 e. The van der Waals surface area contributed by atoms with Gasteiger partial charge in [-0.05, 0) is 32.0 Å². The molecule has 0 amide bonds. The van der Waals surface area contributed by atoms with E-state index in [0.29, 0.717) is 5.95 Å². The van der Waals surface area contributed by atoms with Crippen molar-refractivity contribution in [3.05, 3.63) is 89.9 Å². The molecule has 0 atom stereocenters. The van der Waals surface area contributed by atoms with Crippen LogP contribution in [-0.2, 0) is 0 Å². The molecule has 28 heavy (non-hydrogen) atoms. The largest absolute Gasteiger partial charge is 0.245 e. The van der Waals surface area contributed by atoms with Crippen molar-refractivity contribution in [3.63, 3.8) is 0 Å². The first-order valence-corrected chi connectivity index (χ1v) is 9.01. The minimum absolute atomic E-state index is 0.477. The maximum absolute atomic E-state index is 4.77. The van der Waals surface area contributed by atoms with Crippen molar-refractivity contribution >= 4 is 12.2 Å². The highest BCUT2D eigenvalue weighted by molar-refractivity contribution is 5.89. The van der Waals surface area contributed by atoms with Gasteiger partial charge >= 0.3 is 0 Å². The van der Waals surface area contributed by atoms with Crippen LogP contribution in [0, 0.1) is 13.8 Å². The minimum atomic E-state index is 0.477. The molecule has 0 fully saturated rings. The fourth-order valence-corrected chi connectivity index (χ4v) is 2.95. The normalized spacial score (nSPS) is 11.1. The molecule has 2 aromatic carbocycles. The van der Waals surface area contributed by atoms with Gasteiger partial charge < -0.3 is 0 Å². The van der Waals surface area contributed by atoms with Crippen molar-refractivity contribution in [3.8, 4) is 16.9 Å². The van der Waals surface area contributed by atoms with Gasteiger partial charge in [-0.15, -0.1) is 0 Å². The second-order valence-corrected chi connectivity index (χ2v) is 6.42. The van der Waals surface area contributed by atoms with Crippen LogP contribution in [0.4, 0.5) is 5.95 Å². The fourth-order valence-electron chi connectivity index (χ4n) is 2.95. The van der Waals surface area contributed by atoms with Gasteiger partial charge in [-0.1, -0.05) is 48.5 Å². The number of hydrazone groups is 1. The van der Waals surface area contributed by atoms with Crippen LogP contribution in [0.15, 0.2) is 78.0 Å². The van der Waals surface area contributed by atoms with Gasteiger partial charge in [0, 0.05) is 28.7 Å². The third-order valence-electron chi connectivity index (χ3n) is 4.16. The molecule has 0 saturated heterocycles. The number of nitrogens with zero attached hydrogens (tertiary/aromatic N) is 5. The average molecular weight is 368 g/mol. The van der Waals surface area contributed by atoms with Crippen molar-refractivity contribution in [2.75, 3.05) is 5.43 Å². The Balaban J connectivity index is 1.67. The number of benzene rings is 2. The molecule has 138 valence electrons. The smallest absolute Gasteiger partial charge is 0.243 e. The first-order chi connectivity index (χ1) is 13.7. The summed E-state index contributed by atoms with van der Waals surface area (Å²) in [4.78, 5) is 8.68. The Labute approximate surface area is 163 Å². The van der Waals surface area contributed by atoms with E-state index in [1.807, 2.05) is 91.5 Å². The highest BCUT2D eigenvalue weighted by Crippen LogP contribution is 2.22. The number of nitrogens with one attached hydrogen (secondary N) is 1. The van der Waals surface area contributed by atoms with Crippen LogP contribution in [0.2, 0.25) is 0 Å². The predicted octanol–water partition coefficient (Wildman–Crippen LogP) is 4.39. The van der Waals surface area contributed by atoms with Crippen LogP contribution < -0.4 is 5.43 Å². The molecule has 4 aromatic rings. The molecule has 1 N–H and O–H groups in total. The average Bonchev–Trinajstić information content (AvgIpc) is 3.13. The van der Waals surface area contributed by atoms with Gasteiger partial charge in [0.1, 0.15) is 5.69 Å². The molecule has 6 heteroatoms. The quantitative estimate of drug-likeness (QED) is 0.419. The maximum atomic E-state index is 4.77. The van der Waals surface area contributed by atoms with E-state index in [1.165, 1.54) is 0 Å². The van der Waals surface area contributed by atoms with Gasteiger partial charge in [-0.2, -0.15) is 10.2 Å². The second-order valence-electron chi connectivity index (χ2n) is 6.42. The number of hydrogen-bond donors (Lipinski definition) is 1. The number of aromatic nitrogens is 4. The van der Waals surface area contributed by atoms with Crippen molar-refractivity contribution in [1.29, 1.82) is 0 Å². The van der Waals surface area contributed by atoms with E-state index in [0.717, 1.165) is 33.9 Å². The first kappa shape index (κ1) is 17.6. The SMILES string of the molecule is Cc1cc(C)nc(NN=Cc2cn(-c3ccccc3)nc2-c2ccccc2)n1. The summed E-state index contributed by atoms with van der Waals surface area (Å²) < 4.78 is 1.86. The van der Waals surface area contributed by atoms with Gasteiger partial charge in [-0.25, -0.2) is 20.1 Å². The Morgan fingerprint density at radius 3 is 2.21 bits per heavy atom. The third kappa shape index (κ3) is 3.96.